The second kappa shape index (κ2) is 5.42. The molecule has 6 heteroatoms. The first-order chi connectivity index (χ1) is 9.70. The van der Waals surface area contributed by atoms with Gasteiger partial charge in [0.05, 0.1) is 13.1 Å². The highest BCUT2D eigenvalue weighted by molar-refractivity contribution is 5.72. The molecule has 6 nitrogen and oxygen atoms in total. The van der Waals surface area contributed by atoms with Gasteiger partial charge in [-0.2, -0.15) is 15.0 Å². The van der Waals surface area contributed by atoms with Crippen molar-refractivity contribution < 1.29 is 0 Å². The van der Waals surface area contributed by atoms with Crippen molar-refractivity contribution in [2.45, 2.75) is 20.0 Å². The molecule has 0 atom stereocenters. The Morgan fingerprint density at radius 3 is 2.50 bits per heavy atom. The zero-order valence-corrected chi connectivity index (χ0v) is 11.7. The zero-order valence-electron chi connectivity index (χ0n) is 11.7. The van der Waals surface area contributed by atoms with Crippen LogP contribution in [0.25, 0.3) is 11.0 Å². The van der Waals surface area contributed by atoms with Gasteiger partial charge in [-0.1, -0.05) is 12.1 Å². The third kappa shape index (κ3) is 2.85. The summed E-state index contributed by atoms with van der Waals surface area (Å²) >= 11 is 0. The third-order valence-corrected chi connectivity index (χ3v) is 3.18. The lowest BCUT2D eigenvalue weighted by atomic mass is 10.3. The average Bonchev–Trinajstić information content (AvgIpc) is 3.02. The average molecular weight is 270 g/mol. The number of aryl methyl sites for hydroxylation is 1. The Labute approximate surface area is 117 Å². The van der Waals surface area contributed by atoms with Crippen molar-refractivity contribution >= 4 is 11.0 Å². The molecule has 0 aliphatic rings. The molecule has 20 heavy (non-hydrogen) atoms. The van der Waals surface area contributed by atoms with Crippen LogP contribution in [0.1, 0.15) is 11.5 Å². The summed E-state index contributed by atoms with van der Waals surface area (Å²) < 4.78 is 0. The number of aromatic nitrogens is 5. The van der Waals surface area contributed by atoms with Gasteiger partial charge in [-0.25, -0.2) is 4.98 Å². The Bertz CT molecular complexity index is 665. The molecule has 2 aromatic heterocycles. The summed E-state index contributed by atoms with van der Waals surface area (Å²) in [5.41, 5.74) is 2.97. The van der Waals surface area contributed by atoms with Gasteiger partial charge in [0.25, 0.3) is 0 Å². The van der Waals surface area contributed by atoms with Gasteiger partial charge in [0.1, 0.15) is 16.9 Å². The second-order valence-corrected chi connectivity index (χ2v) is 5.04. The number of benzene rings is 1. The number of nitrogens with zero attached hydrogens (tertiary/aromatic N) is 5. The van der Waals surface area contributed by atoms with Gasteiger partial charge in [-0.05, 0) is 26.1 Å². The highest BCUT2D eigenvalue weighted by atomic mass is 15.5. The Morgan fingerprint density at radius 1 is 1.20 bits per heavy atom. The van der Waals surface area contributed by atoms with E-state index >= 15 is 0 Å². The molecule has 0 aliphatic carbocycles. The predicted molar refractivity (Wildman–Crippen MR) is 77.2 cm³/mol. The van der Waals surface area contributed by atoms with Gasteiger partial charge in [0.15, 0.2) is 0 Å². The SMILES string of the molecule is Cc1cnc(CN(C)CCn2nc3ccccc3n2)[nH]1. The molecule has 1 N–H and O–H groups in total. The molecule has 0 unspecified atom stereocenters. The molecule has 0 radical (unpaired) electrons. The standard InChI is InChI=1S/C14H18N6/c1-11-9-15-14(16-11)10-19(2)7-8-20-17-12-5-3-4-6-13(12)18-20/h3-6,9H,7-8,10H2,1-2H3,(H,15,16). The fourth-order valence-corrected chi connectivity index (χ4v) is 2.15. The number of H-pyrrole nitrogens is 1. The molecule has 0 bridgehead atoms. The largest absolute Gasteiger partial charge is 0.345 e. The fourth-order valence-electron chi connectivity index (χ4n) is 2.15. The second-order valence-electron chi connectivity index (χ2n) is 5.04. The molecule has 104 valence electrons. The van der Waals surface area contributed by atoms with Crippen LogP contribution in [0.2, 0.25) is 0 Å². The molecule has 0 saturated carbocycles. The highest BCUT2D eigenvalue weighted by Gasteiger charge is 2.05. The molecular weight excluding hydrogens is 252 g/mol. The maximum Gasteiger partial charge on any atom is 0.120 e. The van der Waals surface area contributed by atoms with Crippen LogP contribution in [-0.2, 0) is 13.1 Å². The Hall–Kier alpha value is -2.21. The molecule has 0 spiro atoms. The monoisotopic (exact) mass is 270 g/mol. The van der Waals surface area contributed by atoms with Gasteiger partial charge in [0.2, 0.25) is 0 Å². The Balaban J connectivity index is 1.58. The van der Waals surface area contributed by atoms with Crippen molar-refractivity contribution in [2.75, 3.05) is 13.6 Å². The summed E-state index contributed by atoms with van der Waals surface area (Å²) in [4.78, 5) is 11.5. The third-order valence-electron chi connectivity index (χ3n) is 3.18. The summed E-state index contributed by atoms with van der Waals surface area (Å²) in [7, 11) is 2.07. The molecule has 0 fully saturated rings. The van der Waals surface area contributed by atoms with Gasteiger partial charge < -0.3 is 4.98 Å². The van der Waals surface area contributed by atoms with Crippen molar-refractivity contribution in [3.05, 3.63) is 42.0 Å². The Morgan fingerprint density at radius 2 is 1.90 bits per heavy atom. The van der Waals surface area contributed by atoms with E-state index in [4.69, 9.17) is 0 Å². The van der Waals surface area contributed by atoms with Crippen LogP contribution >= 0.6 is 0 Å². The van der Waals surface area contributed by atoms with E-state index in [9.17, 15) is 0 Å². The van der Waals surface area contributed by atoms with Gasteiger partial charge >= 0.3 is 0 Å². The highest BCUT2D eigenvalue weighted by Crippen LogP contribution is 2.07. The van der Waals surface area contributed by atoms with Gasteiger partial charge in [-0.3, -0.25) is 4.90 Å². The number of nitrogens with one attached hydrogen (secondary N) is 1. The van der Waals surface area contributed by atoms with E-state index < -0.39 is 0 Å². The minimum atomic E-state index is 0.769. The van der Waals surface area contributed by atoms with Crippen molar-refractivity contribution in [3.8, 4) is 0 Å². The number of hydrogen-bond donors (Lipinski definition) is 1. The summed E-state index contributed by atoms with van der Waals surface area (Å²) in [6.07, 6.45) is 1.85. The summed E-state index contributed by atoms with van der Waals surface area (Å²) in [5.74, 6) is 0.989. The number of hydrogen-bond acceptors (Lipinski definition) is 4. The molecule has 3 rings (SSSR count). The first-order valence-corrected chi connectivity index (χ1v) is 6.69. The summed E-state index contributed by atoms with van der Waals surface area (Å²) in [5, 5.41) is 8.90. The number of likely N-dealkylation sites (N-methyl/N-ethyl adjacent to an activating group) is 1. The fraction of sp³-hybridized carbons (Fsp3) is 0.357. The van der Waals surface area contributed by atoms with E-state index in [1.807, 2.05) is 37.4 Å². The minimum absolute atomic E-state index is 0.769. The normalized spacial score (nSPS) is 11.6. The molecule has 1 aromatic carbocycles. The van der Waals surface area contributed by atoms with Crippen molar-refractivity contribution in [3.63, 3.8) is 0 Å². The van der Waals surface area contributed by atoms with Crippen molar-refractivity contribution in [2.24, 2.45) is 0 Å². The maximum atomic E-state index is 4.45. The lowest BCUT2D eigenvalue weighted by Gasteiger charge is -2.14. The lowest BCUT2D eigenvalue weighted by molar-refractivity contribution is 0.291. The van der Waals surface area contributed by atoms with Crippen LogP contribution in [0.3, 0.4) is 0 Å². The maximum absolute atomic E-state index is 4.45. The number of aromatic amines is 1. The Kier molecular flexibility index (Phi) is 3.47. The number of fused-ring (bicyclic) bond motifs is 1. The van der Waals surface area contributed by atoms with E-state index in [0.717, 1.165) is 42.2 Å². The van der Waals surface area contributed by atoms with E-state index in [1.165, 1.54) is 0 Å². The van der Waals surface area contributed by atoms with Crippen LogP contribution < -0.4 is 0 Å². The van der Waals surface area contributed by atoms with Crippen LogP contribution in [0.5, 0.6) is 0 Å². The van der Waals surface area contributed by atoms with Gasteiger partial charge in [-0.15, -0.1) is 0 Å². The first kappa shape index (κ1) is 12.8. The quantitative estimate of drug-likeness (QED) is 0.765. The van der Waals surface area contributed by atoms with Crippen molar-refractivity contribution in [1.82, 2.24) is 29.9 Å². The molecule has 0 aliphatic heterocycles. The topological polar surface area (TPSA) is 62.6 Å². The molecule has 0 saturated heterocycles. The van der Waals surface area contributed by atoms with Gasteiger partial charge in [0, 0.05) is 18.4 Å². The van der Waals surface area contributed by atoms with E-state index in [0.29, 0.717) is 0 Å². The van der Waals surface area contributed by atoms with Crippen molar-refractivity contribution in [1.29, 1.82) is 0 Å². The van der Waals surface area contributed by atoms with E-state index in [-0.39, 0.29) is 0 Å². The smallest absolute Gasteiger partial charge is 0.120 e. The van der Waals surface area contributed by atoms with E-state index in [1.54, 1.807) is 4.80 Å². The lowest BCUT2D eigenvalue weighted by Crippen LogP contribution is -2.24. The van der Waals surface area contributed by atoms with Crippen LogP contribution in [0.4, 0.5) is 0 Å². The predicted octanol–water partition coefficient (Wildman–Crippen LogP) is 1.59. The van der Waals surface area contributed by atoms with E-state index in [2.05, 4.69) is 32.1 Å². The zero-order chi connectivity index (χ0) is 13.9. The number of imidazole rings is 1. The van der Waals surface area contributed by atoms with Crippen LogP contribution in [0, 0.1) is 6.92 Å². The summed E-state index contributed by atoms with van der Waals surface area (Å²) in [6, 6.07) is 7.92. The molecule has 2 heterocycles. The summed E-state index contributed by atoms with van der Waals surface area (Å²) in [6.45, 7) is 4.45. The molecular formula is C14H18N6. The first-order valence-electron chi connectivity index (χ1n) is 6.69. The molecule has 0 amide bonds. The van der Waals surface area contributed by atoms with Crippen LogP contribution in [-0.4, -0.2) is 43.5 Å². The van der Waals surface area contributed by atoms with Crippen LogP contribution in [0.15, 0.2) is 30.5 Å². The minimum Gasteiger partial charge on any atom is -0.345 e. The number of rotatable bonds is 5. The molecule has 3 aromatic rings.